The molecule has 1 heterocycles. The Balaban J connectivity index is 1.75. The third-order valence-corrected chi connectivity index (χ3v) is 6.43. The average Bonchev–Trinajstić information content (AvgIpc) is 3.17. The smallest absolute Gasteiger partial charge is 0.0224 e. The lowest BCUT2D eigenvalue weighted by atomic mass is 10.0. The molecule has 3 aliphatic rings. The molecule has 2 atom stereocenters. The third kappa shape index (κ3) is 1.76. The number of piperazine rings is 1. The van der Waals surface area contributed by atoms with Crippen molar-refractivity contribution in [3.05, 3.63) is 0 Å². The predicted molar refractivity (Wildman–Crippen MR) is 76.6 cm³/mol. The van der Waals surface area contributed by atoms with Crippen LogP contribution in [0.25, 0.3) is 0 Å². The van der Waals surface area contributed by atoms with E-state index in [1.54, 1.807) is 0 Å². The first kappa shape index (κ1) is 12.9. The van der Waals surface area contributed by atoms with Crippen molar-refractivity contribution in [3.63, 3.8) is 0 Å². The van der Waals surface area contributed by atoms with Crippen molar-refractivity contribution in [1.29, 1.82) is 0 Å². The molecule has 0 spiro atoms. The first-order valence-electron chi connectivity index (χ1n) is 7.88. The minimum Gasteiger partial charge on any atom is -0.311 e. The highest BCUT2D eigenvalue weighted by Gasteiger charge is 2.68. The number of nitrogens with zero attached hydrogens (tertiary/aromatic N) is 1. The zero-order valence-corrected chi connectivity index (χ0v) is 12.8. The van der Waals surface area contributed by atoms with E-state index in [2.05, 4.69) is 44.8 Å². The van der Waals surface area contributed by atoms with E-state index < -0.39 is 0 Å². The predicted octanol–water partition coefficient (Wildman–Crippen LogP) is 2.88. The maximum atomic E-state index is 3.81. The molecule has 0 amide bonds. The quantitative estimate of drug-likeness (QED) is 0.828. The zero-order chi connectivity index (χ0) is 13.1. The normalized spacial score (nSPS) is 39.8. The van der Waals surface area contributed by atoms with E-state index in [-0.39, 0.29) is 0 Å². The largest absolute Gasteiger partial charge is 0.311 e. The number of hydrogen-bond acceptors (Lipinski definition) is 2. The zero-order valence-electron chi connectivity index (χ0n) is 12.8. The molecule has 1 N–H and O–H groups in total. The van der Waals surface area contributed by atoms with Crippen LogP contribution < -0.4 is 5.32 Å². The van der Waals surface area contributed by atoms with Gasteiger partial charge in [0.05, 0.1) is 0 Å². The van der Waals surface area contributed by atoms with E-state index in [0.717, 1.165) is 24.0 Å². The standard InChI is InChI=1S/C16H30N2/c1-6-12-9-17-13(11-7-8-11)10-18(12)14-15(2,3)16(14,4)5/h11-14,17H,6-10H2,1-5H3. The van der Waals surface area contributed by atoms with Crippen LogP contribution in [0.4, 0.5) is 0 Å². The molecule has 2 unspecified atom stereocenters. The van der Waals surface area contributed by atoms with Crippen LogP contribution in [0.15, 0.2) is 0 Å². The molecule has 0 aromatic rings. The Morgan fingerprint density at radius 3 is 2.17 bits per heavy atom. The van der Waals surface area contributed by atoms with Crippen LogP contribution in [-0.2, 0) is 0 Å². The molecule has 2 nitrogen and oxygen atoms in total. The van der Waals surface area contributed by atoms with Gasteiger partial charge in [-0.2, -0.15) is 0 Å². The Bertz CT molecular complexity index is 316. The monoisotopic (exact) mass is 250 g/mol. The van der Waals surface area contributed by atoms with Crippen molar-refractivity contribution in [2.75, 3.05) is 13.1 Å². The molecule has 0 radical (unpaired) electrons. The molecule has 3 rings (SSSR count). The molecular weight excluding hydrogens is 220 g/mol. The van der Waals surface area contributed by atoms with Gasteiger partial charge in [0.25, 0.3) is 0 Å². The number of rotatable bonds is 3. The van der Waals surface area contributed by atoms with Crippen LogP contribution in [0.1, 0.15) is 53.9 Å². The summed E-state index contributed by atoms with van der Waals surface area (Å²) in [4.78, 5) is 2.86. The van der Waals surface area contributed by atoms with E-state index in [9.17, 15) is 0 Å². The molecule has 0 aromatic carbocycles. The molecular formula is C16H30N2. The van der Waals surface area contributed by atoms with E-state index in [1.165, 1.54) is 32.4 Å². The second-order valence-corrected chi connectivity index (χ2v) is 7.96. The van der Waals surface area contributed by atoms with Crippen LogP contribution in [0, 0.1) is 16.7 Å². The summed E-state index contributed by atoms with van der Waals surface area (Å²) in [7, 11) is 0. The van der Waals surface area contributed by atoms with Crippen molar-refractivity contribution in [3.8, 4) is 0 Å². The fourth-order valence-electron chi connectivity index (χ4n) is 4.35. The molecule has 0 aromatic heterocycles. The maximum Gasteiger partial charge on any atom is 0.0224 e. The lowest BCUT2D eigenvalue weighted by Crippen LogP contribution is -2.58. The molecule has 2 aliphatic carbocycles. The highest BCUT2D eigenvalue weighted by Crippen LogP contribution is 2.65. The van der Waals surface area contributed by atoms with Gasteiger partial charge in [0, 0.05) is 31.2 Å². The van der Waals surface area contributed by atoms with Gasteiger partial charge in [0.15, 0.2) is 0 Å². The molecule has 3 fully saturated rings. The van der Waals surface area contributed by atoms with Gasteiger partial charge in [0.1, 0.15) is 0 Å². The lowest BCUT2D eigenvalue weighted by Gasteiger charge is -2.42. The Hall–Kier alpha value is -0.0800. The highest BCUT2D eigenvalue weighted by atomic mass is 15.3. The topological polar surface area (TPSA) is 15.3 Å². The molecule has 0 bridgehead atoms. The summed E-state index contributed by atoms with van der Waals surface area (Å²) < 4.78 is 0. The van der Waals surface area contributed by atoms with Gasteiger partial charge in [-0.05, 0) is 36.0 Å². The van der Waals surface area contributed by atoms with Crippen LogP contribution >= 0.6 is 0 Å². The van der Waals surface area contributed by atoms with Gasteiger partial charge >= 0.3 is 0 Å². The SMILES string of the molecule is CCC1CNC(C2CC2)CN1C1C(C)(C)C1(C)C. The summed E-state index contributed by atoms with van der Waals surface area (Å²) in [6, 6.07) is 2.32. The van der Waals surface area contributed by atoms with Crippen LogP contribution in [0.2, 0.25) is 0 Å². The third-order valence-electron chi connectivity index (χ3n) is 6.43. The molecule has 18 heavy (non-hydrogen) atoms. The highest BCUT2D eigenvalue weighted by molar-refractivity contribution is 5.20. The Labute approximate surface area is 113 Å². The summed E-state index contributed by atoms with van der Waals surface area (Å²) >= 11 is 0. The fraction of sp³-hybridized carbons (Fsp3) is 1.00. The summed E-state index contributed by atoms with van der Waals surface area (Å²) in [6.07, 6.45) is 4.20. The van der Waals surface area contributed by atoms with E-state index in [1.807, 2.05) is 0 Å². The van der Waals surface area contributed by atoms with Crippen LogP contribution in [0.5, 0.6) is 0 Å². The summed E-state index contributed by atoms with van der Waals surface area (Å²) in [5.74, 6) is 0.982. The summed E-state index contributed by atoms with van der Waals surface area (Å²) in [5.41, 5.74) is 0.984. The molecule has 2 heteroatoms. The second kappa shape index (κ2) is 3.96. The minimum absolute atomic E-state index is 0.492. The fourth-order valence-corrected chi connectivity index (χ4v) is 4.35. The van der Waals surface area contributed by atoms with Crippen molar-refractivity contribution in [2.45, 2.75) is 72.0 Å². The average molecular weight is 250 g/mol. The van der Waals surface area contributed by atoms with Crippen molar-refractivity contribution >= 4 is 0 Å². The minimum atomic E-state index is 0.492. The Morgan fingerprint density at radius 1 is 1.11 bits per heavy atom. The van der Waals surface area contributed by atoms with Gasteiger partial charge < -0.3 is 5.32 Å². The van der Waals surface area contributed by atoms with E-state index >= 15 is 0 Å². The first-order valence-corrected chi connectivity index (χ1v) is 7.88. The van der Waals surface area contributed by atoms with Gasteiger partial charge in [0.2, 0.25) is 0 Å². The Morgan fingerprint density at radius 2 is 1.72 bits per heavy atom. The van der Waals surface area contributed by atoms with Gasteiger partial charge in [-0.3, -0.25) is 4.90 Å². The Kier molecular flexibility index (Phi) is 2.84. The van der Waals surface area contributed by atoms with Crippen molar-refractivity contribution in [1.82, 2.24) is 10.2 Å². The van der Waals surface area contributed by atoms with Gasteiger partial charge in [-0.1, -0.05) is 34.6 Å². The van der Waals surface area contributed by atoms with Crippen molar-refractivity contribution in [2.24, 2.45) is 16.7 Å². The first-order chi connectivity index (χ1) is 8.39. The lowest BCUT2D eigenvalue weighted by molar-refractivity contribution is 0.0914. The van der Waals surface area contributed by atoms with E-state index in [0.29, 0.717) is 10.8 Å². The van der Waals surface area contributed by atoms with Gasteiger partial charge in [-0.15, -0.1) is 0 Å². The van der Waals surface area contributed by atoms with Crippen LogP contribution in [0.3, 0.4) is 0 Å². The second-order valence-electron chi connectivity index (χ2n) is 7.96. The number of nitrogens with one attached hydrogen (secondary N) is 1. The maximum absolute atomic E-state index is 3.81. The number of hydrogen-bond donors (Lipinski definition) is 1. The van der Waals surface area contributed by atoms with Gasteiger partial charge in [-0.25, -0.2) is 0 Å². The summed E-state index contributed by atoms with van der Waals surface area (Å²) in [6.45, 7) is 14.7. The molecule has 1 saturated heterocycles. The molecule has 1 aliphatic heterocycles. The molecule has 2 saturated carbocycles. The van der Waals surface area contributed by atoms with Crippen LogP contribution in [-0.4, -0.2) is 36.1 Å². The van der Waals surface area contributed by atoms with E-state index in [4.69, 9.17) is 0 Å². The van der Waals surface area contributed by atoms with Crippen molar-refractivity contribution < 1.29 is 0 Å². The summed E-state index contributed by atoms with van der Waals surface area (Å²) in [5, 5.41) is 3.81. The molecule has 104 valence electrons.